The molecule has 0 unspecified atom stereocenters. The van der Waals surface area contributed by atoms with Gasteiger partial charge in [0.25, 0.3) is 0 Å². The molecule has 7 nitrogen and oxygen atoms in total. The van der Waals surface area contributed by atoms with Crippen molar-refractivity contribution < 1.29 is 8.78 Å². The summed E-state index contributed by atoms with van der Waals surface area (Å²) < 4.78 is 23.2. The zero-order valence-electron chi connectivity index (χ0n) is 24.9. The Kier molecular flexibility index (Phi) is 12.4. The van der Waals surface area contributed by atoms with Crippen LogP contribution >= 0.6 is 0 Å². The monoisotopic (exact) mass is 555 g/mol. The molecule has 0 radical (unpaired) electrons. The minimum atomic E-state index is -2.12. The average Bonchev–Trinajstić information content (AvgIpc) is 3.35. The summed E-state index contributed by atoms with van der Waals surface area (Å²) in [6.07, 6.45) is 11.8. The standard InChI is InChI=1S/C15H16N6.C13H25N.C3H6F2/c1-9(2)18-12-4-5-13(19-10(12)3)11-6-7-21-14(11)8-17-15(16)20-21;1-12-7-9-14(10-8-12)11-13-5-3-2-4-6-13;1-2-3(4)5/h4-8H,1-3H3,(H2,16,20);12-13H,2-11H2,1H3;3H,2H2,1H3. The van der Waals surface area contributed by atoms with Crippen molar-refractivity contribution in [2.75, 3.05) is 25.4 Å². The number of hydrogen-bond donors (Lipinski definition) is 1. The number of anilines is 1. The lowest BCUT2D eigenvalue weighted by Crippen LogP contribution is -2.37. The Labute approximate surface area is 238 Å². The Morgan fingerprint density at radius 2 is 1.75 bits per heavy atom. The van der Waals surface area contributed by atoms with Crippen LogP contribution in [0.5, 0.6) is 0 Å². The largest absolute Gasteiger partial charge is 0.367 e. The van der Waals surface area contributed by atoms with Gasteiger partial charge in [-0.2, -0.15) is 0 Å². The number of nitrogens with two attached hydrogens (primary N) is 1. The van der Waals surface area contributed by atoms with Crippen LogP contribution in [0, 0.1) is 18.8 Å². The highest BCUT2D eigenvalue weighted by Gasteiger charge is 2.20. The lowest BCUT2D eigenvalue weighted by Gasteiger charge is -2.34. The van der Waals surface area contributed by atoms with E-state index in [4.69, 9.17) is 5.73 Å². The number of alkyl halides is 2. The lowest BCUT2D eigenvalue weighted by molar-refractivity contribution is 0.144. The Morgan fingerprint density at radius 3 is 2.35 bits per heavy atom. The molecule has 1 saturated heterocycles. The number of halogens is 2. The van der Waals surface area contributed by atoms with E-state index in [1.165, 1.54) is 71.5 Å². The zero-order chi connectivity index (χ0) is 29.1. The third kappa shape index (κ3) is 9.91. The fourth-order valence-electron chi connectivity index (χ4n) is 5.17. The van der Waals surface area contributed by atoms with Gasteiger partial charge in [-0.25, -0.2) is 18.3 Å². The number of aromatic nitrogens is 4. The number of aliphatic imine (C=N–C) groups is 1. The molecule has 1 aliphatic heterocycles. The first-order valence-corrected chi connectivity index (χ1v) is 14.8. The maximum atomic E-state index is 10.8. The topological polar surface area (TPSA) is 84.7 Å². The Hall–Kier alpha value is -2.94. The van der Waals surface area contributed by atoms with Crippen molar-refractivity contribution in [3.05, 3.63) is 36.3 Å². The summed E-state index contributed by atoms with van der Waals surface area (Å²) in [5.41, 5.74) is 11.1. The average molecular weight is 556 g/mol. The first kappa shape index (κ1) is 31.6. The summed E-state index contributed by atoms with van der Waals surface area (Å²) in [7, 11) is 0. The van der Waals surface area contributed by atoms with Crippen molar-refractivity contribution in [3.8, 4) is 11.3 Å². The van der Waals surface area contributed by atoms with Crippen molar-refractivity contribution in [2.45, 2.75) is 92.4 Å². The zero-order valence-corrected chi connectivity index (χ0v) is 24.9. The summed E-state index contributed by atoms with van der Waals surface area (Å²) in [6.45, 7) is 13.9. The highest BCUT2D eigenvalue weighted by atomic mass is 19.3. The predicted octanol–water partition coefficient (Wildman–Crippen LogP) is 7.75. The van der Waals surface area contributed by atoms with Crippen molar-refractivity contribution >= 4 is 22.9 Å². The molecule has 220 valence electrons. The van der Waals surface area contributed by atoms with E-state index in [-0.39, 0.29) is 12.4 Å². The van der Waals surface area contributed by atoms with E-state index in [0.717, 1.165) is 45.7 Å². The second-order valence-electron chi connectivity index (χ2n) is 11.3. The number of likely N-dealkylation sites (tertiary alicyclic amines) is 1. The third-order valence-corrected chi connectivity index (χ3v) is 7.54. The van der Waals surface area contributed by atoms with Crippen LogP contribution in [0.15, 0.2) is 35.6 Å². The fraction of sp³-hybridized carbons (Fsp3) is 0.613. The molecule has 5 rings (SSSR count). The van der Waals surface area contributed by atoms with Gasteiger partial charge in [-0.1, -0.05) is 33.1 Å². The molecular formula is C31H47F2N7. The van der Waals surface area contributed by atoms with Gasteiger partial charge in [-0.3, -0.25) is 9.98 Å². The van der Waals surface area contributed by atoms with Crippen LogP contribution in [0.25, 0.3) is 16.8 Å². The van der Waals surface area contributed by atoms with E-state index in [9.17, 15) is 8.78 Å². The molecule has 0 atom stereocenters. The Morgan fingerprint density at radius 1 is 1.07 bits per heavy atom. The first-order valence-electron chi connectivity index (χ1n) is 14.8. The van der Waals surface area contributed by atoms with Crippen LogP contribution in [-0.2, 0) is 0 Å². The van der Waals surface area contributed by atoms with Crippen LogP contribution in [0.1, 0.15) is 84.8 Å². The summed E-state index contributed by atoms with van der Waals surface area (Å²) in [6, 6.07) is 5.89. The smallest absolute Gasteiger partial charge is 0.238 e. The highest BCUT2D eigenvalue weighted by molar-refractivity contribution is 5.83. The normalized spacial score (nSPS) is 16.7. The quantitative estimate of drug-likeness (QED) is 0.325. The van der Waals surface area contributed by atoms with Crippen LogP contribution in [0.4, 0.5) is 20.4 Å². The minimum absolute atomic E-state index is 0.0278. The van der Waals surface area contributed by atoms with Gasteiger partial charge in [-0.05, 0) is 89.6 Å². The van der Waals surface area contributed by atoms with Crippen molar-refractivity contribution in [1.82, 2.24) is 24.5 Å². The van der Waals surface area contributed by atoms with E-state index in [1.54, 1.807) is 10.7 Å². The van der Waals surface area contributed by atoms with Crippen LogP contribution in [0.2, 0.25) is 0 Å². The number of fused-ring (bicyclic) bond motifs is 1. The summed E-state index contributed by atoms with van der Waals surface area (Å²) in [4.78, 5) is 15.9. The van der Waals surface area contributed by atoms with Gasteiger partial charge in [0.15, 0.2) is 0 Å². The SMILES string of the molecule is CC(C)=Nc1ccc(-c2ccn3nc(N)ncc23)nc1C.CC1CCN(CC2CCCCC2)CC1.CCC(F)F. The Balaban J connectivity index is 0.000000200. The number of nitrogens with zero attached hydrogens (tertiary/aromatic N) is 6. The van der Waals surface area contributed by atoms with Gasteiger partial charge in [0.2, 0.25) is 12.4 Å². The summed E-state index contributed by atoms with van der Waals surface area (Å²) >= 11 is 0. The van der Waals surface area contributed by atoms with E-state index < -0.39 is 6.43 Å². The molecule has 2 fully saturated rings. The molecular weight excluding hydrogens is 508 g/mol. The van der Waals surface area contributed by atoms with Crippen LogP contribution < -0.4 is 5.73 Å². The summed E-state index contributed by atoms with van der Waals surface area (Å²) in [5.74, 6) is 2.27. The molecule has 1 aliphatic carbocycles. The van der Waals surface area contributed by atoms with Gasteiger partial charge in [0, 0.05) is 30.4 Å². The maximum absolute atomic E-state index is 10.8. The molecule has 1 saturated carbocycles. The highest BCUT2D eigenvalue weighted by Crippen LogP contribution is 2.28. The molecule has 3 aromatic heterocycles. The molecule has 4 heterocycles. The third-order valence-electron chi connectivity index (χ3n) is 7.54. The molecule has 0 bridgehead atoms. The minimum Gasteiger partial charge on any atom is -0.367 e. The summed E-state index contributed by atoms with van der Waals surface area (Å²) in [5, 5.41) is 4.13. The van der Waals surface area contributed by atoms with Crippen LogP contribution in [-0.4, -0.2) is 56.3 Å². The predicted molar refractivity (Wildman–Crippen MR) is 162 cm³/mol. The van der Waals surface area contributed by atoms with Crippen LogP contribution in [0.3, 0.4) is 0 Å². The second kappa shape index (κ2) is 15.7. The van der Waals surface area contributed by atoms with E-state index in [0.29, 0.717) is 0 Å². The molecule has 3 aromatic rings. The second-order valence-corrected chi connectivity index (χ2v) is 11.3. The number of rotatable bonds is 5. The number of aryl methyl sites for hydroxylation is 1. The molecule has 0 amide bonds. The number of pyridine rings is 1. The van der Waals surface area contributed by atoms with Gasteiger partial charge in [0.05, 0.1) is 28.8 Å². The Bertz CT molecular complexity index is 1210. The number of hydrogen-bond acceptors (Lipinski definition) is 6. The first-order chi connectivity index (χ1) is 19.2. The van der Waals surface area contributed by atoms with E-state index >= 15 is 0 Å². The number of nitrogen functional groups attached to an aromatic ring is 1. The van der Waals surface area contributed by atoms with Gasteiger partial charge >= 0.3 is 0 Å². The van der Waals surface area contributed by atoms with E-state index in [2.05, 4.69) is 31.9 Å². The van der Waals surface area contributed by atoms with Crippen molar-refractivity contribution in [3.63, 3.8) is 0 Å². The van der Waals surface area contributed by atoms with Crippen molar-refractivity contribution in [2.24, 2.45) is 16.8 Å². The van der Waals surface area contributed by atoms with Gasteiger partial charge in [0.1, 0.15) is 0 Å². The number of piperidine rings is 1. The maximum Gasteiger partial charge on any atom is 0.238 e. The molecule has 40 heavy (non-hydrogen) atoms. The molecule has 2 aliphatic rings. The van der Waals surface area contributed by atoms with E-state index in [1.807, 2.05) is 45.2 Å². The molecule has 2 N–H and O–H groups in total. The lowest BCUT2D eigenvalue weighted by atomic mass is 9.88. The van der Waals surface area contributed by atoms with Gasteiger partial charge in [-0.15, -0.1) is 5.10 Å². The molecule has 9 heteroatoms. The van der Waals surface area contributed by atoms with Crippen molar-refractivity contribution in [1.29, 1.82) is 0 Å². The molecule has 0 spiro atoms. The molecule has 0 aromatic carbocycles. The van der Waals surface area contributed by atoms with Gasteiger partial charge < -0.3 is 10.6 Å². The fourth-order valence-corrected chi connectivity index (χ4v) is 5.17.